The Kier molecular flexibility index (Phi) is 6.07. The zero-order valence-electron chi connectivity index (χ0n) is 14.3. The van der Waals surface area contributed by atoms with Crippen LogP contribution in [0.5, 0.6) is 0 Å². The monoisotopic (exact) mass is 355 g/mol. The van der Waals surface area contributed by atoms with Gasteiger partial charge in [0.05, 0.1) is 24.6 Å². The minimum atomic E-state index is -0.946. The van der Waals surface area contributed by atoms with E-state index >= 15 is 0 Å². The van der Waals surface area contributed by atoms with Gasteiger partial charge in [-0.1, -0.05) is 6.07 Å². The number of carbonyl (C=O) groups is 2. The highest BCUT2D eigenvalue weighted by Crippen LogP contribution is 2.16. The van der Waals surface area contributed by atoms with Crippen molar-refractivity contribution in [2.75, 3.05) is 19.7 Å². The quantitative estimate of drug-likeness (QED) is 0.696. The molecule has 0 saturated carbocycles. The molecule has 1 aromatic carbocycles. The molecule has 1 aliphatic heterocycles. The van der Waals surface area contributed by atoms with Crippen molar-refractivity contribution < 1.29 is 23.5 Å². The molecule has 0 radical (unpaired) electrons. The van der Waals surface area contributed by atoms with Crippen LogP contribution in [0.3, 0.4) is 0 Å². The van der Waals surface area contributed by atoms with Gasteiger partial charge < -0.3 is 15.7 Å². The van der Waals surface area contributed by atoms with Gasteiger partial charge in [0.1, 0.15) is 0 Å². The summed E-state index contributed by atoms with van der Waals surface area (Å²) in [6, 6.07) is 2.88. The van der Waals surface area contributed by atoms with Crippen LogP contribution in [0.25, 0.3) is 0 Å². The molecule has 1 fully saturated rings. The zero-order valence-corrected chi connectivity index (χ0v) is 14.3. The summed E-state index contributed by atoms with van der Waals surface area (Å²) in [7, 11) is 0. The Balaban J connectivity index is 2.08. The van der Waals surface area contributed by atoms with Crippen molar-refractivity contribution in [3.05, 3.63) is 35.4 Å². The fourth-order valence-electron chi connectivity index (χ4n) is 2.69. The summed E-state index contributed by atoms with van der Waals surface area (Å²) >= 11 is 0. The Bertz CT molecular complexity index is 652. The average Bonchev–Trinajstić information content (AvgIpc) is 2.54. The van der Waals surface area contributed by atoms with Crippen LogP contribution in [0.4, 0.5) is 8.78 Å². The van der Waals surface area contributed by atoms with Gasteiger partial charge in [0.25, 0.3) is 0 Å². The van der Waals surface area contributed by atoms with Crippen LogP contribution in [-0.4, -0.2) is 53.1 Å². The molecule has 0 spiro atoms. The van der Waals surface area contributed by atoms with E-state index in [1.54, 1.807) is 18.7 Å². The van der Waals surface area contributed by atoms with Gasteiger partial charge in [-0.15, -0.1) is 0 Å². The molecule has 0 bridgehead atoms. The van der Waals surface area contributed by atoms with Gasteiger partial charge >= 0.3 is 0 Å². The smallest absolute Gasteiger partial charge is 0.237 e. The lowest BCUT2D eigenvalue weighted by Gasteiger charge is -2.35. The highest BCUT2D eigenvalue weighted by atomic mass is 19.2. The van der Waals surface area contributed by atoms with Gasteiger partial charge in [-0.2, -0.15) is 0 Å². The predicted octanol–water partition coefficient (Wildman–Crippen LogP) is 0.542. The van der Waals surface area contributed by atoms with Crippen LogP contribution in [-0.2, 0) is 16.1 Å². The lowest BCUT2D eigenvalue weighted by atomic mass is 10.0. The van der Waals surface area contributed by atoms with Gasteiger partial charge in [0.15, 0.2) is 11.6 Å². The van der Waals surface area contributed by atoms with E-state index in [1.165, 1.54) is 6.07 Å². The second-order valence-electron chi connectivity index (χ2n) is 6.82. The number of hydrogen-bond donors (Lipinski definition) is 3. The molecule has 8 heteroatoms. The number of hydrogen-bond acceptors (Lipinski definition) is 4. The maximum atomic E-state index is 13.4. The average molecular weight is 355 g/mol. The molecule has 0 aromatic heterocycles. The summed E-state index contributed by atoms with van der Waals surface area (Å²) < 4.78 is 26.4. The molecule has 6 nitrogen and oxygen atoms in total. The predicted molar refractivity (Wildman–Crippen MR) is 87.5 cm³/mol. The summed E-state index contributed by atoms with van der Waals surface area (Å²) in [6.07, 6.45) is -0.0844. The van der Waals surface area contributed by atoms with Gasteiger partial charge in [-0.05, 0) is 31.5 Å². The van der Waals surface area contributed by atoms with Crippen molar-refractivity contribution >= 4 is 11.8 Å². The largest absolute Gasteiger partial charge is 0.394 e. The molecule has 1 atom stereocenters. The number of amides is 2. The molecule has 1 saturated heterocycles. The first-order chi connectivity index (χ1) is 11.7. The van der Waals surface area contributed by atoms with Crippen molar-refractivity contribution in [2.45, 2.75) is 38.4 Å². The Morgan fingerprint density at radius 1 is 1.40 bits per heavy atom. The molecular formula is C17H23F2N3O3. The molecule has 3 N–H and O–H groups in total. The van der Waals surface area contributed by atoms with Crippen LogP contribution >= 0.6 is 0 Å². The maximum Gasteiger partial charge on any atom is 0.237 e. The Hall–Kier alpha value is -2.06. The first-order valence-electron chi connectivity index (χ1n) is 8.09. The summed E-state index contributed by atoms with van der Waals surface area (Å²) in [5, 5.41) is 14.6. The number of rotatable bonds is 6. The molecule has 0 unspecified atom stereocenters. The van der Waals surface area contributed by atoms with E-state index in [0.717, 1.165) is 12.1 Å². The van der Waals surface area contributed by atoms with E-state index in [4.69, 9.17) is 0 Å². The molecule has 1 heterocycles. The van der Waals surface area contributed by atoms with Gasteiger partial charge in [0.2, 0.25) is 11.8 Å². The highest BCUT2D eigenvalue weighted by molar-refractivity contribution is 5.89. The third-order valence-electron chi connectivity index (χ3n) is 4.06. The summed E-state index contributed by atoms with van der Waals surface area (Å²) in [5.74, 6) is -2.53. The third kappa shape index (κ3) is 5.20. The van der Waals surface area contributed by atoms with E-state index < -0.39 is 23.2 Å². The first-order valence-corrected chi connectivity index (χ1v) is 8.09. The standard InChI is InChI=1S/C17H23F2N3O3/c1-17(2,10-23)21-15(24)8-14-16(25)20-5-6-22(14)9-11-3-4-12(18)13(19)7-11/h3-4,7,14,23H,5-6,8-10H2,1-2H3,(H,20,25)(H,21,24)/t14-/m1/s1. The molecule has 138 valence electrons. The van der Waals surface area contributed by atoms with Gasteiger partial charge in [-0.25, -0.2) is 8.78 Å². The minimum Gasteiger partial charge on any atom is -0.394 e. The first kappa shape index (κ1) is 19.3. The second kappa shape index (κ2) is 7.88. The van der Waals surface area contributed by atoms with Gasteiger partial charge in [-0.3, -0.25) is 14.5 Å². The lowest BCUT2D eigenvalue weighted by molar-refractivity contribution is -0.135. The van der Waals surface area contributed by atoms with E-state index in [0.29, 0.717) is 18.7 Å². The second-order valence-corrected chi connectivity index (χ2v) is 6.82. The molecule has 25 heavy (non-hydrogen) atoms. The van der Waals surface area contributed by atoms with Crippen LogP contribution in [0.1, 0.15) is 25.8 Å². The lowest BCUT2D eigenvalue weighted by Crippen LogP contribution is -2.57. The van der Waals surface area contributed by atoms with E-state index in [-0.39, 0.29) is 31.4 Å². The number of nitrogens with zero attached hydrogens (tertiary/aromatic N) is 1. The third-order valence-corrected chi connectivity index (χ3v) is 4.06. The number of piperazine rings is 1. The molecule has 1 aliphatic rings. The highest BCUT2D eigenvalue weighted by Gasteiger charge is 2.32. The van der Waals surface area contributed by atoms with Crippen molar-refractivity contribution in [3.8, 4) is 0 Å². The molecule has 2 amide bonds. The van der Waals surface area contributed by atoms with Crippen LogP contribution in [0.2, 0.25) is 0 Å². The van der Waals surface area contributed by atoms with Crippen molar-refractivity contribution in [1.29, 1.82) is 0 Å². The summed E-state index contributed by atoms with van der Waals surface area (Å²) in [5.41, 5.74) is -0.262. The summed E-state index contributed by atoms with van der Waals surface area (Å²) in [4.78, 5) is 26.1. The Morgan fingerprint density at radius 3 is 2.76 bits per heavy atom. The SMILES string of the molecule is CC(C)(CO)NC(=O)C[C@@H]1C(=O)NCCN1Cc1ccc(F)c(F)c1. The van der Waals surface area contributed by atoms with E-state index in [1.807, 2.05) is 0 Å². The molecule has 2 rings (SSSR count). The number of halogens is 2. The zero-order chi connectivity index (χ0) is 18.6. The molecule has 1 aromatic rings. The topological polar surface area (TPSA) is 81.7 Å². The number of aliphatic hydroxyl groups is 1. The summed E-state index contributed by atoms with van der Waals surface area (Å²) in [6.45, 7) is 4.25. The number of carbonyl (C=O) groups excluding carboxylic acids is 2. The fraction of sp³-hybridized carbons (Fsp3) is 0.529. The maximum absolute atomic E-state index is 13.4. The number of aliphatic hydroxyl groups excluding tert-OH is 1. The van der Waals surface area contributed by atoms with Crippen LogP contribution in [0, 0.1) is 11.6 Å². The normalized spacial score (nSPS) is 18.8. The molecular weight excluding hydrogens is 332 g/mol. The van der Waals surface area contributed by atoms with Crippen LogP contribution < -0.4 is 10.6 Å². The number of nitrogens with one attached hydrogen (secondary N) is 2. The fourth-order valence-corrected chi connectivity index (χ4v) is 2.69. The van der Waals surface area contributed by atoms with Crippen molar-refractivity contribution in [1.82, 2.24) is 15.5 Å². The Labute approximate surface area is 145 Å². The van der Waals surface area contributed by atoms with Crippen molar-refractivity contribution in [3.63, 3.8) is 0 Å². The minimum absolute atomic E-state index is 0.0844. The van der Waals surface area contributed by atoms with Crippen molar-refractivity contribution in [2.24, 2.45) is 0 Å². The Morgan fingerprint density at radius 2 is 2.12 bits per heavy atom. The molecule has 0 aliphatic carbocycles. The van der Waals surface area contributed by atoms with Crippen LogP contribution in [0.15, 0.2) is 18.2 Å². The van der Waals surface area contributed by atoms with Gasteiger partial charge in [0, 0.05) is 19.6 Å². The van der Waals surface area contributed by atoms with E-state index in [2.05, 4.69) is 10.6 Å². The van der Waals surface area contributed by atoms with E-state index in [9.17, 15) is 23.5 Å². The number of benzene rings is 1.